The number of nitrogens with one attached hydrogen (secondary N) is 2. The van der Waals surface area contributed by atoms with Crippen molar-refractivity contribution in [2.45, 2.75) is 6.04 Å². The molecule has 2 amide bonds. The van der Waals surface area contributed by atoms with Gasteiger partial charge < -0.3 is 24.8 Å². The molecule has 0 radical (unpaired) electrons. The van der Waals surface area contributed by atoms with E-state index in [1.807, 2.05) is 24.3 Å². The van der Waals surface area contributed by atoms with Crippen LogP contribution in [0, 0.1) is 0 Å². The summed E-state index contributed by atoms with van der Waals surface area (Å²) in [7, 11) is 1.58. The average Bonchev–Trinajstić information content (AvgIpc) is 3.30. The number of fused-ring (bicyclic) bond motifs is 1. The molecule has 7 nitrogen and oxygen atoms in total. The molecule has 2 N–H and O–H groups in total. The molecular formula is C25H22N2O5. The Balaban J connectivity index is 1.47. The monoisotopic (exact) mass is 430 g/mol. The Labute approximate surface area is 185 Å². The van der Waals surface area contributed by atoms with Gasteiger partial charge in [0.2, 0.25) is 12.7 Å². The summed E-state index contributed by atoms with van der Waals surface area (Å²) in [6, 6.07) is 20.6. The molecule has 0 spiro atoms. The number of anilines is 1. The van der Waals surface area contributed by atoms with Crippen LogP contribution in [-0.4, -0.2) is 25.7 Å². The smallest absolute Gasteiger partial charge is 0.251 e. The maximum atomic E-state index is 13.0. The standard InChI is InChI=1S/C25H22N2O5/c1-30-20-11-9-19(10-12-20)26-25(29)24(18-5-3-2-4-6-18)27-23(28)14-8-17-7-13-21-22(15-17)32-16-31-21/h2-15,24H,16H2,1H3,(H,26,29)(H,27,28)/b14-8-/t24-/m0/s1. The van der Waals surface area contributed by atoms with Gasteiger partial charge in [-0.3, -0.25) is 9.59 Å². The number of rotatable bonds is 7. The molecule has 0 unspecified atom stereocenters. The maximum Gasteiger partial charge on any atom is 0.251 e. The molecule has 0 saturated heterocycles. The third-order valence-electron chi connectivity index (χ3n) is 4.86. The molecule has 0 fully saturated rings. The van der Waals surface area contributed by atoms with E-state index in [1.165, 1.54) is 6.08 Å². The van der Waals surface area contributed by atoms with Crippen molar-refractivity contribution < 1.29 is 23.8 Å². The first-order valence-corrected chi connectivity index (χ1v) is 10.0. The third-order valence-corrected chi connectivity index (χ3v) is 4.86. The van der Waals surface area contributed by atoms with Crippen molar-refractivity contribution in [3.05, 3.63) is 90.0 Å². The van der Waals surface area contributed by atoms with Gasteiger partial charge in [0.05, 0.1) is 7.11 Å². The van der Waals surface area contributed by atoms with Crippen LogP contribution in [0.2, 0.25) is 0 Å². The van der Waals surface area contributed by atoms with Crippen LogP contribution in [-0.2, 0) is 9.59 Å². The fraction of sp³-hybridized carbons (Fsp3) is 0.120. The summed E-state index contributed by atoms with van der Waals surface area (Å²) in [6.07, 6.45) is 3.04. The molecule has 3 aromatic rings. The summed E-state index contributed by atoms with van der Waals surface area (Å²) in [5, 5.41) is 5.62. The van der Waals surface area contributed by atoms with E-state index in [0.29, 0.717) is 28.5 Å². The Bertz CT molecular complexity index is 1130. The van der Waals surface area contributed by atoms with Crippen LogP contribution in [0.15, 0.2) is 78.9 Å². The summed E-state index contributed by atoms with van der Waals surface area (Å²) in [5.74, 6) is 1.23. The summed E-state index contributed by atoms with van der Waals surface area (Å²) >= 11 is 0. The topological polar surface area (TPSA) is 85.9 Å². The van der Waals surface area contributed by atoms with Crippen LogP contribution in [0.1, 0.15) is 17.2 Å². The molecule has 1 atom stereocenters. The van der Waals surface area contributed by atoms with Gasteiger partial charge in [0.15, 0.2) is 11.5 Å². The summed E-state index contributed by atoms with van der Waals surface area (Å²) < 4.78 is 15.8. The minimum Gasteiger partial charge on any atom is -0.497 e. The van der Waals surface area contributed by atoms with Crippen molar-refractivity contribution in [2.24, 2.45) is 0 Å². The van der Waals surface area contributed by atoms with Gasteiger partial charge in [0.1, 0.15) is 11.8 Å². The summed E-state index contributed by atoms with van der Waals surface area (Å²) in [5.41, 5.74) is 2.05. The molecule has 0 aromatic heterocycles. The molecule has 0 aliphatic carbocycles. The number of methoxy groups -OCH3 is 1. The van der Waals surface area contributed by atoms with Crippen LogP contribution in [0.3, 0.4) is 0 Å². The van der Waals surface area contributed by atoms with E-state index in [-0.39, 0.29) is 12.7 Å². The minimum atomic E-state index is -0.868. The molecule has 4 rings (SSSR count). The van der Waals surface area contributed by atoms with E-state index in [1.54, 1.807) is 61.7 Å². The molecule has 3 aromatic carbocycles. The Hall–Kier alpha value is -4.26. The van der Waals surface area contributed by atoms with Crippen molar-refractivity contribution >= 4 is 23.6 Å². The summed E-state index contributed by atoms with van der Waals surface area (Å²) in [6.45, 7) is 0.186. The number of hydrogen-bond donors (Lipinski definition) is 2. The lowest BCUT2D eigenvalue weighted by Gasteiger charge is -2.18. The third kappa shape index (κ3) is 5.07. The maximum absolute atomic E-state index is 13.0. The van der Waals surface area contributed by atoms with Gasteiger partial charge in [-0.1, -0.05) is 36.4 Å². The largest absolute Gasteiger partial charge is 0.497 e. The number of carbonyl (C=O) groups excluding carboxylic acids is 2. The highest BCUT2D eigenvalue weighted by atomic mass is 16.7. The van der Waals surface area contributed by atoms with E-state index in [2.05, 4.69) is 10.6 Å². The van der Waals surface area contributed by atoms with Gasteiger partial charge in [-0.25, -0.2) is 0 Å². The van der Waals surface area contributed by atoms with Crippen LogP contribution in [0.4, 0.5) is 5.69 Å². The number of carbonyl (C=O) groups is 2. The Kier molecular flexibility index (Phi) is 6.36. The van der Waals surface area contributed by atoms with Gasteiger partial charge in [-0.05, 0) is 53.6 Å². The van der Waals surface area contributed by atoms with Crippen molar-refractivity contribution in [2.75, 3.05) is 19.2 Å². The second-order valence-electron chi connectivity index (χ2n) is 7.02. The lowest BCUT2D eigenvalue weighted by atomic mass is 10.1. The minimum absolute atomic E-state index is 0.186. The fourth-order valence-electron chi connectivity index (χ4n) is 3.21. The Morgan fingerprint density at radius 2 is 1.72 bits per heavy atom. The van der Waals surface area contributed by atoms with Gasteiger partial charge >= 0.3 is 0 Å². The van der Waals surface area contributed by atoms with Gasteiger partial charge in [0.25, 0.3) is 5.91 Å². The lowest BCUT2D eigenvalue weighted by molar-refractivity contribution is -0.123. The van der Waals surface area contributed by atoms with Crippen LogP contribution in [0.5, 0.6) is 17.2 Å². The molecule has 0 bridgehead atoms. The molecule has 162 valence electrons. The van der Waals surface area contributed by atoms with Crippen molar-refractivity contribution in [3.8, 4) is 17.2 Å². The first-order chi connectivity index (χ1) is 15.6. The van der Waals surface area contributed by atoms with Crippen LogP contribution < -0.4 is 24.8 Å². The Morgan fingerprint density at radius 3 is 2.47 bits per heavy atom. The quantitative estimate of drug-likeness (QED) is 0.555. The molecule has 1 aliphatic heterocycles. The molecular weight excluding hydrogens is 408 g/mol. The lowest BCUT2D eigenvalue weighted by Crippen LogP contribution is -2.36. The van der Waals surface area contributed by atoms with Gasteiger partial charge in [-0.2, -0.15) is 0 Å². The second kappa shape index (κ2) is 9.70. The van der Waals surface area contributed by atoms with Gasteiger partial charge in [-0.15, -0.1) is 0 Å². The zero-order chi connectivity index (χ0) is 22.3. The Morgan fingerprint density at radius 1 is 0.969 bits per heavy atom. The van der Waals surface area contributed by atoms with Crippen LogP contribution in [0.25, 0.3) is 6.08 Å². The molecule has 0 saturated carbocycles. The normalized spacial score (nSPS) is 12.9. The zero-order valence-electron chi connectivity index (χ0n) is 17.4. The molecule has 1 aliphatic rings. The summed E-state index contributed by atoms with van der Waals surface area (Å²) in [4.78, 5) is 25.6. The number of benzene rings is 3. The van der Waals surface area contributed by atoms with Crippen LogP contribution >= 0.6 is 0 Å². The van der Waals surface area contributed by atoms with E-state index in [0.717, 1.165) is 5.56 Å². The van der Waals surface area contributed by atoms with E-state index in [9.17, 15) is 9.59 Å². The SMILES string of the molecule is COc1ccc(NC(=O)[C@@H](NC(=O)/C=C\c2ccc3c(c2)OCO3)c2ccccc2)cc1. The van der Waals surface area contributed by atoms with Crippen molar-refractivity contribution in [1.82, 2.24) is 5.32 Å². The highest BCUT2D eigenvalue weighted by molar-refractivity contribution is 6.00. The van der Waals surface area contributed by atoms with E-state index >= 15 is 0 Å². The number of amides is 2. The van der Waals surface area contributed by atoms with Gasteiger partial charge in [0, 0.05) is 11.8 Å². The number of hydrogen-bond acceptors (Lipinski definition) is 5. The van der Waals surface area contributed by atoms with Crippen molar-refractivity contribution in [1.29, 1.82) is 0 Å². The highest BCUT2D eigenvalue weighted by Crippen LogP contribution is 2.32. The molecule has 7 heteroatoms. The predicted molar refractivity (Wildman–Crippen MR) is 121 cm³/mol. The average molecular weight is 430 g/mol. The fourth-order valence-corrected chi connectivity index (χ4v) is 3.21. The van der Waals surface area contributed by atoms with E-state index < -0.39 is 11.9 Å². The molecule has 1 heterocycles. The number of ether oxygens (including phenoxy) is 3. The van der Waals surface area contributed by atoms with Crippen molar-refractivity contribution in [3.63, 3.8) is 0 Å². The molecule has 32 heavy (non-hydrogen) atoms. The first kappa shape index (κ1) is 21.0. The highest BCUT2D eigenvalue weighted by Gasteiger charge is 2.22. The second-order valence-corrected chi connectivity index (χ2v) is 7.02. The predicted octanol–water partition coefficient (Wildman–Crippen LogP) is 3.93. The first-order valence-electron chi connectivity index (χ1n) is 10.0. The zero-order valence-corrected chi connectivity index (χ0v) is 17.4. The van der Waals surface area contributed by atoms with E-state index in [4.69, 9.17) is 14.2 Å².